The summed E-state index contributed by atoms with van der Waals surface area (Å²) < 4.78 is 38.3. The van der Waals surface area contributed by atoms with Gasteiger partial charge >= 0.3 is 6.18 Å². The van der Waals surface area contributed by atoms with Crippen LogP contribution in [0.3, 0.4) is 0 Å². The molecule has 8 heteroatoms. The molecule has 3 rings (SSSR count). The molecule has 0 spiro atoms. The molecule has 1 N–H and O–H groups in total. The van der Waals surface area contributed by atoms with Gasteiger partial charge in [0, 0.05) is 12.4 Å². The van der Waals surface area contributed by atoms with Crippen LogP contribution in [0.1, 0.15) is 11.1 Å². The van der Waals surface area contributed by atoms with Crippen molar-refractivity contribution in [2.75, 3.05) is 0 Å². The van der Waals surface area contributed by atoms with E-state index in [1.54, 1.807) is 30.6 Å². The van der Waals surface area contributed by atoms with Crippen LogP contribution in [0.25, 0.3) is 6.08 Å². The van der Waals surface area contributed by atoms with E-state index >= 15 is 0 Å². The molecule has 0 atom stereocenters. The SMILES string of the molecule is O=C1NC(=Nc2cccc(C(F)(F)F)c2)/C(=C\c2cccnc2)S1. The van der Waals surface area contributed by atoms with Crippen molar-refractivity contribution in [3.05, 3.63) is 64.8 Å². The van der Waals surface area contributed by atoms with Crippen LogP contribution < -0.4 is 5.32 Å². The molecule has 1 aliphatic rings. The van der Waals surface area contributed by atoms with Gasteiger partial charge in [0.15, 0.2) is 0 Å². The van der Waals surface area contributed by atoms with Crippen molar-refractivity contribution in [1.29, 1.82) is 0 Å². The number of hydrogen-bond acceptors (Lipinski definition) is 4. The van der Waals surface area contributed by atoms with Crippen molar-refractivity contribution in [2.45, 2.75) is 6.18 Å². The van der Waals surface area contributed by atoms with Crippen molar-refractivity contribution in [1.82, 2.24) is 10.3 Å². The van der Waals surface area contributed by atoms with E-state index in [1.165, 1.54) is 12.1 Å². The summed E-state index contributed by atoms with van der Waals surface area (Å²) in [5.74, 6) is 0.216. The zero-order chi connectivity index (χ0) is 17.2. The topological polar surface area (TPSA) is 54.4 Å². The van der Waals surface area contributed by atoms with E-state index in [2.05, 4.69) is 15.3 Å². The van der Waals surface area contributed by atoms with Crippen LogP contribution in [-0.2, 0) is 6.18 Å². The van der Waals surface area contributed by atoms with Gasteiger partial charge in [0.2, 0.25) is 0 Å². The molecule has 1 aromatic carbocycles. The number of thioether (sulfide) groups is 1. The maximum Gasteiger partial charge on any atom is 0.416 e. The lowest BCUT2D eigenvalue weighted by Gasteiger charge is -2.07. The Kier molecular flexibility index (Phi) is 4.39. The Hall–Kier alpha value is -2.61. The van der Waals surface area contributed by atoms with Crippen LogP contribution in [-0.4, -0.2) is 16.1 Å². The molecule has 1 aliphatic heterocycles. The van der Waals surface area contributed by atoms with Gasteiger partial charge in [-0.2, -0.15) is 13.2 Å². The minimum absolute atomic E-state index is 0.111. The fraction of sp³-hybridized carbons (Fsp3) is 0.0625. The molecule has 0 unspecified atom stereocenters. The van der Waals surface area contributed by atoms with Gasteiger partial charge in [0.25, 0.3) is 5.24 Å². The molecule has 24 heavy (non-hydrogen) atoms. The Morgan fingerprint density at radius 2 is 2.04 bits per heavy atom. The second-order valence-corrected chi connectivity index (χ2v) is 5.83. The van der Waals surface area contributed by atoms with Crippen molar-refractivity contribution in [3.8, 4) is 0 Å². The van der Waals surface area contributed by atoms with E-state index in [0.29, 0.717) is 4.91 Å². The van der Waals surface area contributed by atoms with E-state index in [-0.39, 0.29) is 16.8 Å². The van der Waals surface area contributed by atoms with E-state index in [4.69, 9.17) is 0 Å². The molecule has 2 heterocycles. The average Bonchev–Trinajstić information content (AvgIpc) is 2.87. The summed E-state index contributed by atoms with van der Waals surface area (Å²) in [5, 5.41) is 2.20. The second-order valence-electron chi connectivity index (χ2n) is 4.82. The molecule has 1 fully saturated rings. The van der Waals surface area contributed by atoms with E-state index in [9.17, 15) is 18.0 Å². The molecule has 4 nitrogen and oxygen atoms in total. The third-order valence-corrected chi connectivity index (χ3v) is 3.87. The standard InChI is InChI=1S/C16H10F3N3OS/c17-16(18,19)11-4-1-5-12(8-11)21-14-13(24-15(23)22-14)7-10-3-2-6-20-9-10/h1-9H,(H,21,22,23)/b13-7+. The molecule has 2 aromatic rings. The molecule has 1 amide bonds. The number of hydrogen-bond donors (Lipinski definition) is 1. The number of pyridine rings is 1. The Morgan fingerprint density at radius 3 is 2.75 bits per heavy atom. The molecule has 122 valence electrons. The van der Waals surface area contributed by atoms with Crippen LogP contribution in [0.5, 0.6) is 0 Å². The first kappa shape index (κ1) is 16.3. The number of aliphatic imine (C=N–C) groups is 1. The number of rotatable bonds is 2. The highest BCUT2D eigenvalue weighted by Gasteiger charge is 2.30. The number of aromatic nitrogens is 1. The average molecular weight is 349 g/mol. The summed E-state index contributed by atoms with van der Waals surface area (Å²) in [6.07, 6.45) is 0.476. The molecule has 1 saturated heterocycles. The van der Waals surface area contributed by atoms with E-state index in [1.807, 2.05) is 0 Å². The Labute approximate surface area is 139 Å². The van der Waals surface area contributed by atoms with Crippen molar-refractivity contribution >= 4 is 34.6 Å². The van der Waals surface area contributed by atoms with Gasteiger partial charge in [0.1, 0.15) is 5.84 Å². The number of amides is 1. The molecular formula is C16H10F3N3OS. The monoisotopic (exact) mass is 349 g/mol. The van der Waals surface area contributed by atoms with Gasteiger partial charge in [-0.1, -0.05) is 12.1 Å². The minimum Gasteiger partial charge on any atom is -0.300 e. The zero-order valence-corrected chi connectivity index (χ0v) is 12.9. The zero-order valence-electron chi connectivity index (χ0n) is 12.0. The smallest absolute Gasteiger partial charge is 0.300 e. The predicted molar refractivity (Wildman–Crippen MR) is 86.9 cm³/mol. The molecule has 0 saturated carbocycles. The summed E-state index contributed by atoms with van der Waals surface area (Å²) >= 11 is 0.928. The maximum absolute atomic E-state index is 12.8. The number of nitrogens with one attached hydrogen (secondary N) is 1. The first-order chi connectivity index (χ1) is 11.4. The van der Waals surface area contributed by atoms with Gasteiger partial charge in [-0.3, -0.25) is 9.78 Å². The van der Waals surface area contributed by atoms with Crippen LogP contribution in [0.15, 0.2) is 58.7 Å². The highest BCUT2D eigenvalue weighted by molar-refractivity contribution is 8.18. The number of halogens is 3. The van der Waals surface area contributed by atoms with Crippen molar-refractivity contribution < 1.29 is 18.0 Å². The Morgan fingerprint density at radius 1 is 1.21 bits per heavy atom. The number of carbonyl (C=O) groups excluding carboxylic acids is 1. The molecule has 0 aliphatic carbocycles. The lowest BCUT2D eigenvalue weighted by atomic mass is 10.2. The molecular weight excluding hydrogens is 339 g/mol. The van der Waals surface area contributed by atoms with Gasteiger partial charge in [-0.15, -0.1) is 0 Å². The van der Waals surface area contributed by atoms with E-state index < -0.39 is 11.7 Å². The van der Waals surface area contributed by atoms with Gasteiger partial charge in [0.05, 0.1) is 16.2 Å². The van der Waals surface area contributed by atoms with E-state index in [0.717, 1.165) is 29.5 Å². The molecule has 1 aromatic heterocycles. The molecule has 0 radical (unpaired) electrons. The number of amidine groups is 1. The van der Waals surface area contributed by atoms with Crippen LogP contribution in [0.2, 0.25) is 0 Å². The normalized spacial score (nSPS) is 18.2. The maximum atomic E-state index is 12.8. The predicted octanol–water partition coefficient (Wildman–Crippen LogP) is 4.63. The Balaban J connectivity index is 1.96. The number of nitrogens with zero attached hydrogens (tertiary/aromatic N) is 2. The van der Waals surface area contributed by atoms with Gasteiger partial charge in [-0.25, -0.2) is 4.99 Å². The summed E-state index contributed by atoms with van der Waals surface area (Å²) in [6.45, 7) is 0. The minimum atomic E-state index is -4.45. The largest absolute Gasteiger partial charge is 0.416 e. The lowest BCUT2D eigenvalue weighted by Crippen LogP contribution is -2.18. The summed E-state index contributed by atoms with van der Waals surface area (Å²) in [5.41, 5.74) is 0.0760. The van der Waals surface area contributed by atoms with Crippen molar-refractivity contribution in [2.24, 2.45) is 4.99 Å². The highest BCUT2D eigenvalue weighted by Crippen LogP contribution is 2.33. The number of benzene rings is 1. The van der Waals surface area contributed by atoms with Crippen LogP contribution >= 0.6 is 11.8 Å². The summed E-state index contributed by atoms with van der Waals surface area (Å²) in [6, 6.07) is 8.16. The summed E-state index contributed by atoms with van der Waals surface area (Å²) in [7, 11) is 0. The highest BCUT2D eigenvalue weighted by atomic mass is 32.2. The van der Waals surface area contributed by atoms with Crippen molar-refractivity contribution in [3.63, 3.8) is 0 Å². The third kappa shape index (κ3) is 3.83. The lowest BCUT2D eigenvalue weighted by molar-refractivity contribution is -0.137. The first-order valence-electron chi connectivity index (χ1n) is 6.79. The first-order valence-corrected chi connectivity index (χ1v) is 7.60. The summed E-state index contributed by atoms with van der Waals surface area (Å²) in [4.78, 5) is 20.2. The Bertz CT molecular complexity index is 832. The fourth-order valence-corrected chi connectivity index (χ4v) is 2.74. The van der Waals surface area contributed by atoms with Gasteiger partial charge < -0.3 is 5.32 Å². The quantitative estimate of drug-likeness (QED) is 0.860. The van der Waals surface area contributed by atoms with Crippen LogP contribution in [0.4, 0.5) is 23.7 Å². The third-order valence-electron chi connectivity index (χ3n) is 3.05. The number of alkyl halides is 3. The second kappa shape index (κ2) is 6.48. The van der Waals surface area contributed by atoms with Crippen LogP contribution in [0, 0.1) is 0 Å². The number of carbonyl (C=O) groups is 1. The van der Waals surface area contributed by atoms with Gasteiger partial charge in [-0.05, 0) is 47.7 Å². The fourth-order valence-electron chi connectivity index (χ4n) is 2.01. The molecule has 0 bridgehead atoms.